The van der Waals surface area contributed by atoms with Gasteiger partial charge in [-0.2, -0.15) is 0 Å². The van der Waals surface area contributed by atoms with E-state index in [1.807, 2.05) is 13.0 Å². The first kappa shape index (κ1) is 22.0. The van der Waals surface area contributed by atoms with Gasteiger partial charge in [-0.1, -0.05) is 12.1 Å². The predicted octanol–water partition coefficient (Wildman–Crippen LogP) is 4.41. The lowest BCUT2D eigenvalue weighted by molar-refractivity contribution is 0.770. The van der Waals surface area contributed by atoms with Crippen LogP contribution in [0.3, 0.4) is 0 Å². The minimum atomic E-state index is 0. The van der Waals surface area contributed by atoms with Gasteiger partial charge in [0, 0.05) is 37.9 Å². The molecule has 0 amide bonds. The number of aliphatic imine (C=N–C) groups is 1. The molecule has 2 N–H and O–H groups in total. The Kier molecular flexibility index (Phi) is 9.43. The van der Waals surface area contributed by atoms with Gasteiger partial charge in [0.25, 0.3) is 0 Å². The van der Waals surface area contributed by atoms with Gasteiger partial charge in [0.2, 0.25) is 0 Å². The maximum absolute atomic E-state index is 4.68. The number of nitrogens with zero attached hydrogens (tertiary/aromatic N) is 3. The number of aryl methyl sites for hydroxylation is 2. The van der Waals surface area contributed by atoms with E-state index in [9.17, 15) is 0 Å². The molecule has 146 valence electrons. The Morgan fingerprint density at radius 1 is 1.15 bits per heavy atom. The predicted molar refractivity (Wildman–Crippen MR) is 128 cm³/mol. The monoisotopic (exact) mass is 515 g/mol. The molecule has 0 aliphatic heterocycles. The van der Waals surface area contributed by atoms with E-state index in [0.29, 0.717) is 0 Å². The second kappa shape index (κ2) is 11.6. The summed E-state index contributed by atoms with van der Waals surface area (Å²) in [5, 5.41) is 11.1. The molecule has 0 atom stereocenters. The summed E-state index contributed by atoms with van der Waals surface area (Å²) in [7, 11) is 0. The lowest BCUT2D eigenvalue weighted by Crippen LogP contribution is -2.38. The van der Waals surface area contributed by atoms with Crippen LogP contribution in [0.5, 0.6) is 0 Å². The number of benzene rings is 1. The molecular formula is C19H26IN5S2. The van der Waals surface area contributed by atoms with Gasteiger partial charge in [-0.05, 0) is 32.4 Å². The number of nitrogens with one attached hydrogen (secondary N) is 2. The molecular weight excluding hydrogens is 489 g/mol. The number of fused-ring (bicyclic) bond motifs is 1. The van der Waals surface area contributed by atoms with Crippen LogP contribution in [-0.4, -0.2) is 35.6 Å². The fourth-order valence-corrected chi connectivity index (χ4v) is 4.28. The molecule has 0 unspecified atom stereocenters. The van der Waals surface area contributed by atoms with E-state index in [2.05, 4.69) is 56.1 Å². The van der Waals surface area contributed by atoms with Gasteiger partial charge in [-0.15, -0.1) is 46.7 Å². The second-order valence-electron chi connectivity index (χ2n) is 5.97. The number of hydrogen-bond acceptors (Lipinski definition) is 5. The average Bonchev–Trinajstić information content (AvgIpc) is 3.24. The van der Waals surface area contributed by atoms with Crippen LogP contribution < -0.4 is 10.6 Å². The number of hydrogen-bond donors (Lipinski definition) is 2. The Bertz CT molecular complexity index is 826. The highest BCUT2D eigenvalue weighted by atomic mass is 127. The topological polar surface area (TPSA) is 62.2 Å². The Hall–Kier alpha value is -1.26. The minimum absolute atomic E-state index is 0. The van der Waals surface area contributed by atoms with Crippen LogP contribution in [0.2, 0.25) is 0 Å². The Morgan fingerprint density at radius 3 is 2.74 bits per heavy atom. The summed E-state index contributed by atoms with van der Waals surface area (Å²) in [5.74, 6) is 0.878. The normalized spacial score (nSPS) is 11.4. The van der Waals surface area contributed by atoms with Crippen LogP contribution >= 0.6 is 46.7 Å². The van der Waals surface area contributed by atoms with E-state index < -0.39 is 0 Å². The largest absolute Gasteiger partial charge is 0.357 e. The van der Waals surface area contributed by atoms with E-state index in [-0.39, 0.29) is 24.0 Å². The number of rotatable bonds is 8. The molecule has 0 radical (unpaired) electrons. The molecule has 8 heteroatoms. The van der Waals surface area contributed by atoms with Crippen molar-refractivity contribution in [2.45, 2.75) is 33.1 Å². The smallest absolute Gasteiger partial charge is 0.191 e. The molecule has 0 saturated heterocycles. The summed E-state index contributed by atoms with van der Waals surface area (Å²) in [6, 6.07) is 8.31. The van der Waals surface area contributed by atoms with Crippen molar-refractivity contribution < 1.29 is 0 Å². The molecule has 27 heavy (non-hydrogen) atoms. The summed E-state index contributed by atoms with van der Waals surface area (Å²) in [6.07, 6.45) is 2.89. The van der Waals surface area contributed by atoms with Crippen molar-refractivity contribution in [3.63, 3.8) is 0 Å². The number of guanidine groups is 1. The molecule has 0 aliphatic carbocycles. The van der Waals surface area contributed by atoms with Crippen molar-refractivity contribution in [2.24, 2.45) is 4.99 Å². The van der Waals surface area contributed by atoms with Gasteiger partial charge >= 0.3 is 0 Å². The van der Waals surface area contributed by atoms with Crippen LogP contribution in [-0.2, 0) is 12.8 Å². The van der Waals surface area contributed by atoms with Crippen molar-refractivity contribution in [3.05, 3.63) is 45.4 Å². The van der Waals surface area contributed by atoms with Crippen LogP contribution in [0, 0.1) is 6.92 Å². The summed E-state index contributed by atoms with van der Waals surface area (Å²) >= 11 is 3.48. The summed E-state index contributed by atoms with van der Waals surface area (Å²) in [5.41, 5.74) is 2.25. The first-order valence-electron chi connectivity index (χ1n) is 9.02. The first-order valence-corrected chi connectivity index (χ1v) is 10.7. The van der Waals surface area contributed by atoms with Crippen molar-refractivity contribution in [2.75, 3.05) is 19.6 Å². The fourth-order valence-electron chi connectivity index (χ4n) is 2.62. The number of para-hydroxylation sites is 1. The third-order valence-corrected chi connectivity index (χ3v) is 5.76. The highest BCUT2D eigenvalue weighted by Gasteiger charge is 2.03. The summed E-state index contributed by atoms with van der Waals surface area (Å²) in [6.45, 7) is 6.62. The van der Waals surface area contributed by atoms with Gasteiger partial charge in [0.15, 0.2) is 5.96 Å². The van der Waals surface area contributed by atoms with Gasteiger partial charge in [0.1, 0.15) is 0 Å². The van der Waals surface area contributed by atoms with Gasteiger partial charge in [-0.25, -0.2) is 9.97 Å². The molecule has 0 aliphatic rings. The third kappa shape index (κ3) is 7.00. The Morgan fingerprint density at radius 2 is 2.00 bits per heavy atom. The summed E-state index contributed by atoms with van der Waals surface area (Å²) < 4.78 is 1.26. The van der Waals surface area contributed by atoms with Gasteiger partial charge in [-0.3, -0.25) is 4.99 Å². The molecule has 1 aromatic carbocycles. The van der Waals surface area contributed by atoms with E-state index in [0.717, 1.165) is 61.1 Å². The zero-order valence-corrected chi connectivity index (χ0v) is 19.7. The molecule has 3 aromatic rings. The van der Waals surface area contributed by atoms with Crippen molar-refractivity contribution >= 4 is 62.8 Å². The zero-order chi connectivity index (χ0) is 18.2. The fraction of sp³-hybridized carbons (Fsp3) is 0.421. The van der Waals surface area contributed by atoms with Gasteiger partial charge < -0.3 is 10.6 Å². The standard InChI is InChI=1S/C19H25N5S2.HI/c1-3-20-19(22-12-10-15-13-25-14(2)23-15)21-11-6-9-18-24-16-7-4-5-8-17(16)26-18;/h4-5,7-8,13H,3,6,9-12H2,1-2H3,(H2,20,21,22);1H. The Balaban J connectivity index is 0.00000261. The van der Waals surface area contributed by atoms with E-state index in [4.69, 9.17) is 0 Å². The van der Waals surface area contributed by atoms with Crippen molar-refractivity contribution in [3.8, 4) is 0 Å². The second-order valence-corrected chi connectivity index (χ2v) is 8.15. The lowest BCUT2D eigenvalue weighted by Gasteiger charge is -2.10. The van der Waals surface area contributed by atoms with E-state index in [1.165, 1.54) is 9.71 Å². The molecule has 2 aromatic heterocycles. The summed E-state index contributed by atoms with van der Waals surface area (Å²) in [4.78, 5) is 13.8. The highest BCUT2D eigenvalue weighted by Crippen LogP contribution is 2.22. The number of halogens is 1. The quantitative estimate of drug-likeness (QED) is 0.202. The lowest BCUT2D eigenvalue weighted by atomic mass is 10.3. The van der Waals surface area contributed by atoms with E-state index >= 15 is 0 Å². The van der Waals surface area contributed by atoms with E-state index in [1.54, 1.807) is 22.7 Å². The molecule has 3 rings (SSSR count). The maximum Gasteiger partial charge on any atom is 0.191 e. The molecule has 0 bridgehead atoms. The van der Waals surface area contributed by atoms with Gasteiger partial charge in [0.05, 0.1) is 25.9 Å². The molecule has 5 nitrogen and oxygen atoms in total. The first-order chi connectivity index (χ1) is 12.7. The third-order valence-electron chi connectivity index (χ3n) is 3.84. The van der Waals surface area contributed by atoms with Crippen LogP contribution in [0.25, 0.3) is 10.2 Å². The van der Waals surface area contributed by atoms with Crippen molar-refractivity contribution in [1.82, 2.24) is 20.6 Å². The highest BCUT2D eigenvalue weighted by molar-refractivity contribution is 14.0. The maximum atomic E-state index is 4.68. The minimum Gasteiger partial charge on any atom is -0.357 e. The molecule has 2 heterocycles. The van der Waals surface area contributed by atoms with Crippen LogP contribution in [0.15, 0.2) is 34.6 Å². The van der Waals surface area contributed by atoms with Crippen molar-refractivity contribution in [1.29, 1.82) is 0 Å². The van der Waals surface area contributed by atoms with Crippen LogP contribution in [0.4, 0.5) is 0 Å². The molecule has 0 spiro atoms. The average molecular weight is 515 g/mol. The Labute approximate surface area is 185 Å². The number of aromatic nitrogens is 2. The SMILES string of the molecule is CCNC(=NCCCc1nc2ccccc2s1)NCCc1csc(C)n1.I. The molecule has 0 saturated carbocycles. The molecule has 0 fully saturated rings. The van der Waals surface area contributed by atoms with Crippen LogP contribution in [0.1, 0.15) is 29.1 Å². The number of thiazole rings is 2. The zero-order valence-electron chi connectivity index (χ0n) is 15.7.